The molecular weight excluding hydrogens is 456 g/mol. The van der Waals surface area contributed by atoms with E-state index in [4.69, 9.17) is 9.47 Å². The molecule has 3 aromatic rings. The summed E-state index contributed by atoms with van der Waals surface area (Å²) in [6, 6.07) is 14.7. The number of hydrogen-bond donors (Lipinski definition) is 2. The molecule has 3 aliphatic heterocycles. The molecule has 34 heavy (non-hydrogen) atoms. The Morgan fingerprint density at radius 1 is 1.00 bits per heavy atom. The van der Waals surface area contributed by atoms with E-state index < -0.39 is 6.09 Å². The number of nitrogens with zero attached hydrogens (tertiary/aromatic N) is 2. The zero-order valence-corrected chi connectivity index (χ0v) is 19.0. The quantitative estimate of drug-likeness (QED) is 0.581. The standard InChI is InChI=1S/C24H22N4O5S/c29-21-13-34-20-6-5-15(8-18(20)26-21)27-11-17(33-24(27)31)10-25-9-16-12-28-22(30)7-4-14-2-1-3-19(32-16)23(14)28/h1-8,16-17,25H,9-13H2,(H,26,29)/t16-,17-/m1/s1. The van der Waals surface area contributed by atoms with Crippen molar-refractivity contribution < 1.29 is 19.1 Å². The molecule has 1 aromatic heterocycles. The van der Waals surface area contributed by atoms with E-state index in [0.29, 0.717) is 49.1 Å². The normalized spacial score (nSPS) is 21.1. The summed E-state index contributed by atoms with van der Waals surface area (Å²) in [6.45, 7) is 1.82. The van der Waals surface area contributed by atoms with Crippen molar-refractivity contribution in [2.45, 2.75) is 23.6 Å². The third-order valence-electron chi connectivity index (χ3n) is 6.18. The molecule has 2 N–H and O–H groups in total. The van der Waals surface area contributed by atoms with Gasteiger partial charge >= 0.3 is 6.09 Å². The van der Waals surface area contributed by atoms with Crippen LogP contribution in [-0.4, -0.2) is 54.2 Å². The number of nitrogens with one attached hydrogen (secondary N) is 2. The van der Waals surface area contributed by atoms with Gasteiger partial charge in [-0.2, -0.15) is 0 Å². The first-order valence-corrected chi connectivity index (χ1v) is 12.1. The Labute approximate surface area is 199 Å². The SMILES string of the molecule is O=C1CSc2ccc(N3C[C@@H](CNC[C@@H]4Cn5c(=O)ccc6cccc(c65)O4)OC3=O)cc2N1. The minimum Gasteiger partial charge on any atom is -0.485 e. The Morgan fingerprint density at radius 2 is 1.85 bits per heavy atom. The molecule has 1 fully saturated rings. The number of amides is 2. The topological polar surface area (TPSA) is 102 Å². The van der Waals surface area contributed by atoms with E-state index in [1.165, 1.54) is 11.8 Å². The van der Waals surface area contributed by atoms with Crippen LogP contribution < -0.4 is 25.8 Å². The molecule has 10 heteroatoms. The van der Waals surface area contributed by atoms with Crippen molar-refractivity contribution in [3.8, 4) is 5.75 Å². The Morgan fingerprint density at radius 3 is 2.74 bits per heavy atom. The van der Waals surface area contributed by atoms with Crippen molar-refractivity contribution in [2.24, 2.45) is 0 Å². The molecule has 2 aromatic carbocycles. The smallest absolute Gasteiger partial charge is 0.414 e. The average molecular weight is 479 g/mol. The Hall–Kier alpha value is -3.50. The molecular formula is C24H22N4O5S. The molecule has 6 rings (SSSR count). The van der Waals surface area contributed by atoms with Crippen LogP contribution in [0.2, 0.25) is 0 Å². The zero-order chi connectivity index (χ0) is 23.2. The van der Waals surface area contributed by atoms with E-state index in [1.807, 2.05) is 42.5 Å². The van der Waals surface area contributed by atoms with Crippen LogP contribution in [0, 0.1) is 0 Å². The molecule has 4 heterocycles. The van der Waals surface area contributed by atoms with Gasteiger partial charge in [0.05, 0.1) is 30.0 Å². The fourth-order valence-corrected chi connectivity index (χ4v) is 5.40. The molecule has 0 bridgehead atoms. The van der Waals surface area contributed by atoms with E-state index in [-0.39, 0.29) is 23.7 Å². The van der Waals surface area contributed by atoms with Crippen LogP contribution in [0.3, 0.4) is 0 Å². The molecule has 0 aliphatic carbocycles. The lowest BCUT2D eigenvalue weighted by molar-refractivity contribution is -0.113. The van der Waals surface area contributed by atoms with Gasteiger partial charge in [0.2, 0.25) is 5.91 Å². The second-order valence-electron chi connectivity index (χ2n) is 8.51. The number of ether oxygens (including phenoxy) is 2. The van der Waals surface area contributed by atoms with Gasteiger partial charge in [-0.15, -0.1) is 11.8 Å². The molecule has 174 valence electrons. The number of anilines is 2. The third-order valence-corrected chi connectivity index (χ3v) is 7.25. The van der Waals surface area contributed by atoms with Gasteiger partial charge < -0.3 is 24.7 Å². The second-order valence-corrected chi connectivity index (χ2v) is 9.53. The number of cyclic esters (lactones) is 1. The maximum Gasteiger partial charge on any atom is 0.414 e. The number of aromatic nitrogens is 1. The summed E-state index contributed by atoms with van der Waals surface area (Å²) in [5.41, 5.74) is 2.18. The summed E-state index contributed by atoms with van der Waals surface area (Å²) in [6.07, 6.45) is -0.953. The van der Waals surface area contributed by atoms with Crippen LogP contribution in [0.4, 0.5) is 16.2 Å². The van der Waals surface area contributed by atoms with Gasteiger partial charge in [-0.1, -0.05) is 12.1 Å². The van der Waals surface area contributed by atoms with Crippen LogP contribution in [0.1, 0.15) is 0 Å². The molecule has 3 aliphatic rings. The van der Waals surface area contributed by atoms with Gasteiger partial charge in [0.25, 0.3) is 5.56 Å². The molecule has 0 spiro atoms. The Kier molecular flexibility index (Phi) is 5.19. The first kappa shape index (κ1) is 21.1. The van der Waals surface area contributed by atoms with Crippen molar-refractivity contribution in [3.63, 3.8) is 0 Å². The van der Waals surface area contributed by atoms with E-state index in [1.54, 1.807) is 15.5 Å². The highest BCUT2D eigenvalue weighted by molar-refractivity contribution is 8.00. The highest BCUT2D eigenvalue weighted by atomic mass is 32.2. The summed E-state index contributed by atoms with van der Waals surface area (Å²) in [5.74, 6) is 1.04. The van der Waals surface area contributed by atoms with E-state index in [2.05, 4.69) is 10.6 Å². The number of benzene rings is 2. The van der Waals surface area contributed by atoms with Crippen LogP contribution >= 0.6 is 11.8 Å². The summed E-state index contributed by atoms with van der Waals surface area (Å²) in [7, 11) is 0. The molecule has 9 nitrogen and oxygen atoms in total. The molecule has 2 atom stereocenters. The van der Waals surface area contributed by atoms with Crippen molar-refractivity contribution >= 4 is 46.0 Å². The number of hydrogen-bond acceptors (Lipinski definition) is 7. The van der Waals surface area contributed by atoms with E-state index in [0.717, 1.165) is 15.8 Å². The highest BCUT2D eigenvalue weighted by Crippen LogP contribution is 2.35. The van der Waals surface area contributed by atoms with E-state index >= 15 is 0 Å². The van der Waals surface area contributed by atoms with Crippen LogP contribution in [0.25, 0.3) is 10.9 Å². The van der Waals surface area contributed by atoms with Gasteiger partial charge in [-0.05, 0) is 30.3 Å². The second kappa shape index (κ2) is 8.37. The lowest BCUT2D eigenvalue weighted by Crippen LogP contribution is -2.42. The first-order valence-electron chi connectivity index (χ1n) is 11.1. The van der Waals surface area contributed by atoms with Crippen molar-refractivity contribution in [1.82, 2.24) is 9.88 Å². The maximum atomic E-state index is 12.5. The number of pyridine rings is 1. The third kappa shape index (κ3) is 3.78. The number of carbonyl (C=O) groups is 2. The Balaban J connectivity index is 1.08. The lowest BCUT2D eigenvalue weighted by atomic mass is 10.1. The van der Waals surface area contributed by atoms with Crippen molar-refractivity contribution in [3.05, 3.63) is 58.9 Å². The molecule has 2 amide bonds. The van der Waals surface area contributed by atoms with Crippen molar-refractivity contribution in [1.29, 1.82) is 0 Å². The first-order chi connectivity index (χ1) is 16.5. The number of rotatable bonds is 5. The van der Waals surface area contributed by atoms with Gasteiger partial charge in [-0.25, -0.2) is 4.79 Å². The Bertz CT molecular complexity index is 1370. The largest absolute Gasteiger partial charge is 0.485 e. The summed E-state index contributed by atoms with van der Waals surface area (Å²) >= 11 is 1.48. The minimum atomic E-state index is -0.414. The molecule has 0 unspecified atom stereocenters. The van der Waals surface area contributed by atoms with Crippen LogP contribution in [-0.2, 0) is 16.1 Å². The maximum absolute atomic E-state index is 12.5. The van der Waals surface area contributed by atoms with Gasteiger partial charge in [0.1, 0.15) is 18.0 Å². The number of thioether (sulfide) groups is 1. The van der Waals surface area contributed by atoms with Crippen LogP contribution in [0.5, 0.6) is 5.75 Å². The molecule has 0 saturated carbocycles. The predicted octanol–water partition coefficient (Wildman–Crippen LogP) is 2.42. The van der Waals surface area contributed by atoms with Gasteiger partial charge in [0.15, 0.2) is 0 Å². The number of fused-ring (bicyclic) bond motifs is 1. The zero-order valence-electron chi connectivity index (χ0n) is 18.2. The summed E-state index contributed by atoms with van der Waals surface area (Å²) in [5, 5.41) is 7.15. The van der Waals surface area contributed by atoms with Gasteiger partial charge in [-0.3, -0.25) is 14.5 Å². The predicted molar refractivity (Wildman–Crippen MR) is 129 cm³/mol. The lowest BCUT2D eigenvalue weighted by Gasteiger charge is -2.28. The van der Waals surface area contributed by atoms with Crippen molar-refractivity contribution in [2.75, 3.05) is 35.6 Å². The number of para-hydroxylation sites is 1. The fraction of sp³-hybridized carbons (Fsp3) is 0.292. The fourth-order valence-electron chi connectivity index (χ4n) is 4.61. The molecule has 0 radical (unpaired) electrons. The molecule has 1 saturated heterocycles. The highest BCUT2D eigenvalue weighted by Gasteiger charge is 2.33. The monoisotopic (exact) mass is 478 g/mol. The van der Waals surface area contributed by atoms with Gasteiger partial charge in [0, 0.05) is 35.1 Å². The minimum absolute atomic E-state index is 0.0479. The summed E-state index contributed by atoms with van der Waals surface area (Å²) < 4.78 is 13.4. The van der Waals surface area contributed by atoms with Crippen LogP contribution in [0.15, 0.2) is 58.2 Å². The average Bonchev–Trinajstić information content (AvgIpc) is 3.21. The number of carbonyl (C=O) groups excluding carboxylic acids is 2. The summed E-state index contributed by atoms with van der Waals surface area (Å²) in [4.78, 5) is 39.1. The van der Waals surface area contributed by atoms with E-state index in [9.17, 15) is 14.4 Å².